The lowest BCUT2D eigenvalue weighted by Crippen LogP contribution is -2.49. The molecular weight excluding hydrogens is 328 g/mol. The number of fused-ring (bicyclic) bond motifs is 2. The molecule has 1 fully saturated rings. The Morgan fingerprint density at radius 3 is 2.62 bits per heavy atom. The highest BCUT2D eigenvalue weighted by atomic mass is 16.6. The molecule has 140 valence electrons. The van der Waals surface area contributed by atoms with Crippen LogP contribution in [0.25, 0.3) is 5.70 Å². The number of likely N-dealkylation sites (tertiary alicyclic amines) is 1. The van der Waals surface area contributed by atoms with Gasteiger partial charge in [0.15, 0.2) is 5.60 Å². The Hall–Kier alpha value is -2.43. The smallest absolute Gasteiger partial charge is 0.410 e. The van der Waals surface area contributed by atoms with Crippen LogP contribution in [0.3, 0.4) is 0 Å². The van der Waals surface area contributed by atoms with Crippen molar-refractivity contribution in [1.82, 2.24) is 9.47 Å². The molecule has 2 aliphatic heterocycles. The maximum Gasteiger partial charge on any atom is 0.410 e. The van der Waals surface area contributed by atoms with Crippen molar-refractivity contribution in [2.75, 3.05) is 13.1 Å². The van der Waals surface area contributed by atoms with Gasteiger partial charge < -0.3 is 18.9 Å². The summed E-state index contributed by atoms with van der Waals surface area (Å²) in [5, 5.41) is 0. The Bertz CT molecular complexity index is 756. The third kappa shape index (κ3) is 3.30. The number of carbonyl (C=O) groups is 1. The van der Waals surface area contributed by atoms with Gasteiger partial charge >= 0.3 is 6.09 Å². The van der Waals surface area contributed by atoms with Crippen molar-refractivity contribution in [1.29, 1.82) is 0 Å². The van der Waals surface area contributed by atoms with Crippen molar-refractivity contribution in [3.05, 3.63) is 54.6 Å². The topological polar surface area (TPSA) is 43.7 Å². The predicted octanol–water partition coefficient (Wildman–Crippen LogP) is 4.68. The van der Waals surface area contributed by atoms with Crippen LogP contribution in [-0.2, 0) is 15.1 Å². The Kier molecular flexibility index (Phi) is 4.74. The quantitative estimate of drug-likeness (QED) is 0.734. The molecule has 0 aliphatic carbocycles. The van der Waals surface area contributed by atoms with E-state index in [1.165, 1.54) is 0 Å². The highest BCUT2D eigenvalue weighted by Gasteiger charge is 2.45. The van der Waals surface area contributed by atoms with E-state index >= 15 is 0 Å². The maximum absolute atomic E-state index is 12.4. The molecule has 5 heteroatoms. The Morgan fingerprint density at radius 2 is 2.04 bits per heavy atom. The van der Waals surface area contributed by atoms with Crippen molar-refractivity contribution in [3.63, 3.8) is 0 Å². The van der Waals surface area contributed by atoms with Crippen LogP contribution in [0.5, 0.6) is 0 Å². The van der Waals surface area contributed by atoms with Gasteiger partial charge in [-0.05, 0) is 45.9 Å². The summed E-state index contributed by atoms with van der Waals surface area (Å²) in [6.45, 7) is 12.7. The molecule has 3 heterocycles. The summed E-state index contributed by atoms with van der Waals surface area (Å²) in [6, 6.07) is 4.15. The molecule has 0 bridgehead atoms. The van der Waals surface area contributed by atoms with Gasteiger partial charge in [0, 0.05) is 32.1 Å². The minimum atomic E-state index is -0.483. The largest absolute Gasteiger partial charge is 0.479 e. The number of nitrogens with zero attached hydrogens (tertiary/aromatic N) is 2. The van der Waals surface area contributed by atoms with E-state index in [9.17, 15) is 4.79 Å². The van der Waals surface area contributed by atoms with Crippen molar-refractivity contribution in [2.24, 2.45) is 0 Å². The van der Waals surface area contributed by atoms with Gasteiger partial charge in [0.2, 0.25) is 0 Å². The number of amides is 1. The molecule has 1 aromatic heterocycles. The molecule has 26 heavy (non-hydrogen) atoms. The first-order valence-electron chi connectivity index (χ1n) is 9.14. The van der Waals surface area contributed by atoms with E-state index in [0.29, 0.717) is 13.1 Å². The van der Waals surface area contributed by atoms with Gasteiger partial charge in [0.1, 0.15) is 11.4 Å². The standard InChI is InChI=1S/C21H28N2O3/c1-6-9-17-16(7-2)23-13-8-10-18(23)21(25-17)11-14-22(15-12-21)19(24)26-20(3,4)5/h6-10,13H,1,11-12,14-15H2,2-5H3/b16-7+,17-9+. The summed E-state index contributed by atoms with van der Waals surface area (Å²) >= 11 is 0. The minimum absolute atomic E-state index is 0.255. The van der Waals surface area contributed by atoms with Crippen molar-refractivity contribution in [3.8, 4) is 0 Å². The third-order valence-electron chi connectivity index (χ3n) is 4.80. The highest BCUT2D eigenvalue weighted by molar-refractivity contribution is 5.69. The van der Waals surface area contributed by atoms with Crippen LogP contribution in [0.15, 0.2) is 48.9 Å². The molecule has 1 amide bonds. The molecule has 3 rings (SSSR count). The van der Waals surface area contributed by atoms with Gasteiger partial charge in [0.05, 0.1) is 11.4 Å². The highest BCUT2D eigenvalue weighted by Crippen LogP contribution is 2.45. The lowest BCUT2D eigenvalue weighted by Gasteiger charge is -2.45. The normalized spacial score (nSPS) is 22.2. The number of hydrogen-bond acceptors (Lipinski definition) is 3. The summed E-state index contributed by atoms with van der Waals surface area (Å²) in [4.78, 5) is 14.1. The van der Waals surface area contributed by atoms with E-state index in [1.807, 2.05) is 45.9 Å². The second kappa shape index (κ2) is 6.71. The number of rotatable bonds is 1. The number of aromatic nitrogens is 1. The first-order chi connectivity index (χ1) is 12.3. The molecule has 0 N–H and O–H groups in total. The van der Waals surface area contributed by atoms with Crippen LogP contribution in [0, 0.1) is 0 Å². The van der Waals surface area contributed by atoms with Gasteiger partial charge in [0.25, 0.3) is 0 Å². The maximum atomic E-state index is 12.4. The van der Waals surface area contributed by atoms with Gasteiger partial charge in [-0.25, -0.2) is 4.79 Å². The molecular formula is C21H28N2O3. The molecule has 0 atom stereocenters. The van der Waals surface area contributed by atoms with Crippen molar-refractivity contribution >= 4 is 11.8 Å². The second-order valence-corrected chi connectivity index (χ2v) is 7.77. The first-order valence-corrected chi connectivity index (χ1v) is 9.14. The van der Waals surface area contributed by atoms with E-state index in [1.54, 1.807) is 11.0 Å². The zero-order chi connectivity index (χ0) is 18.9. The number of hydrogen-bond donors (Lipinski definition) is 0. The van der Waals surface area contributed by atoms with Crippen molar-refractivity contribution < 1.29 is 14.3 Å². The number of ether oxygens (including phenoxy) is 2. The van der Waals surface area contributed by atoms with Gasteiger partial charge in [-0.15, -0.1) is 0 Å². The Labute approximate surface area is 155 Å². The lowest BCUT2D eigenvalue weighted by atomic mass is 9.86. The molecule has 2 aliphatic rings. The molecule has 0 unspecified atom stereocenters. The molecule has 1 spiro atoms. The molecule has 0 saturated carbocycles. The molecule has 5 nitrogen and oxygen atoms in total. The van der Waals surface area contributed by atoms with Crippen LogP contribution < -0.4 is 0 Å². The monoisotopic (exact) mass is 356 g/mol. The number of allylic oxidation sites excluding steroid dienone is 4. The minimum Gasteiger partial charge on any atom is -0.479 e. The first kappa shape index (κ1) is 18.4. The van der Waals surface area contributed by atoms with Crippen LogP contribution in [0.4, 0.5) is 4.79 Å². The fourth-order valence-corrected chi connectivity index (χ4v) is 3.64. The lowest BCUT2D eigenvalue weighted by molar-refractivity contribution is -0.0616. The van der Waals surface area contributed by atoms with E-state index in [0.717, 1.165) is 30.0 Å². The van der Waals surface area contributed by atoms with Gasteiger partial charge in [-0.1, -0.05) is 18.7 Å². The summed E-state index contributed by atoms with van der Waals surface area (Å²) in [7, 11) is 0. The molecule has 0 aromatic carbocycles. The molecule has 1 aromatic rings. The fourth-order valence-electron chi connectivity index (χ4n) is 3.64. The van der Waals surface area contributed by atoms with E-state index in [2.05, 4.69) is 23.4 Å². The SMILES string of the molecule is C=C/C=C1/OC2(CCN(C(=O)OC(C)(C)C)CC2)c2cccn2/C1=C/C. The average molecular weight is 356 g/mol. The molecule has 0 radical (unpaired) electrons. The van der Waals surface area contributed by atoms with Gasteiger partial charge in [-0.3, -0.25) is 0 Å². The predicted molar refractivity (Wildman–Crippen MR) is 102 cm³/mol. The second-order valence-electron chi connectivity index (χ2n) is 7.77. The Balaban J connectivity index is 1.85. The van der Waals surface area contributed by atoms with Crippen LogP contribution in [-0.4, -0.2) is 34.3 Å². The van der Waals surface area contributed by atoms with E-state index in [-0.39, 0.29) is 6.09 Å². The number of piperidine rings is 1. The zero-order valence-corrected chi connectivity index (χ0v) is 16.1. The van der Waals surface area contributed by atoms with Gasteiger partial charge in [-0.2, -0.15) is 0 Å². The Morgan fingerprint density at radius 1 is 1.35 bits per heavy atom. The summed E-state index contributed by atoms with van der Waals surface area (Å²) < 4.78 is 14.2. The third-order valence-corrected chi connectivity index (χ3v) is 4.80. The summed E-state index contributed by atoms with van der Waals surface area (Å²) in [5.74, 6) is 0.817. The van der Waals surface area contributed by atoms with E-state index in [4.69, 9.17) is 9.47 Å². The van der Waals surface area contributed by atoms with Crippen LogP contribution in [0.2, 0.25) is 0 Å². The van der Waals surface area contributed by atoms with Crippen molar-refractivity contribution in [2.45, 2.75) is 51.7 Å². The summed E-state index contributed by atoms with van der Waals surface area (Å²) in [6.07, 6.45) is 8.95. The summed E-state index contributed by atoms with van der Waals surface area (Å²) in [5.41, 5.74) is 1.24. The van der Waals surface area contributed by atoms with Crippen LogP contribution in [0.1, 0.15) is 46.2 Å². The number of carbonyl (C=O) groups excluding carboxylic acids is 1. The van der Waals surface area contributed by atoms with E-state index < -0.39 is 11.2 Å². The fraction of sp³-hybridized carbons (Fsp3) is 0.476. The average Bonchev–Trinajstić information content (AvgIpc) is 3.05. The van der Waals surface area contributed by atoms with Crippen LogP contribution >= 0.6 is 0 Å². The molecule has 1 saturated heterocycles. The zero-order valence-electron chi connectivity index (χ0n) is 16.1.